The summed E-state index contributed by atoms with van der Waals surface area (Å²) in [7, 11) is 1.61. The Morgan fingerprint density at radius 2 is 1.88 bits per heavy atom. The summed E-state index contributed by atoms with van der Waals surface area (Å²) in [6.07, 6.45) is 0.995. The molecule has 0 spiro atoms. The van der Waals surface area contributed by atoms with Gasteiger partial charge in [0, 0.05) is 12.8 Å². The number of halogens is 1. The number of amides is 2. The highest BCUT2D eigenvalue weighted by molar-refractivity contribution is 6.32. The van der Waals surface area contributed by atoms with Crippen molar-refractivity contribution < 1.29 is 14.3 Å². The van der Waals surface area contributed by atoms with Crippen LogP contribution in [-0.4, -0.2) is 26.4 Å². The van der Waals surface area contributed by atoms with E-state index < -0.39 is 0 Å². The molecule has 140 valence electrons. The predicted octanol–water partition coefficient (Wildman–Crippen LogP) is 4.81. The smallest absolute Gasteiger partial charge is 0.319 e. The zero-order valence-corrected chi connectivity index (χ0v) is 16.1. The summed E-state index contributed by atoms with van der Waals surface area (Å²) < 4.78 is 10.4. The van der Waals surface area contributed by atoms with Gasteiger partial charge in [-0.05, 0) is 42.7 Å². The minimum absolute atomic E-state index is 0.104. The highest BCUT2D eigenvalue weighted by atomic mass is 35.5. The van der Waals surface area contributed by atoms with Crippen LogP contribution in [0.3, 0.4) is 0 Å². The van der Waals surface area contributed by atoms with Gasteiger partial charge in [-0.3, -0.25) is 0 Å². The summed E-state index contributed by atoms with van der Waals surface area (Å²) in [6.45, 7) is 4.96. The van der Waals surface area contributed by atoms with E-state index in [1.54, 1.807) is 25.3 Å². The first-order valence-corrected chi connectivity index (χ1v) is 8.99. The first kappa shape index (κ1) is 20.1. The number of ether oxygens (including phenoxy) is 2. The minimum Gasteiger partial charge on any atom is -0.490 e. The van der Waals surface area contributed by atoms with Crippen LogP contribution in [0.15, 0.2) is 42.5 Å². The molecular weight excluding hydrogens is 352 g/mol. The number of nitrogens with one attached hydrogen (secondary N) is 2. The molecular formula is C20H25ClN2O3. The maximum Gasteiger partial charge on any atom is 0.319 e. The Kier molecular flexibility index (Phi) is 7.75. The third-order valence-electron chi connectivity index (χ3n) is 3.97. The molecule has 0 aliphatic carbocycles. The lowest BCUT2D eigenvalue weighted by Crippen LogP contribution is -2.31. The Hall–Kier alpha value is -2.24. The first-order valence-electron chi connectivity index (χ1n) is 8.61. The molecule has 1 unspecified atom stereocenters. The molecule has 2 aromatic carbocycles. The van der Waals surface area contributed by atoms with E-state index >= 15 is 0 Å². The summed E-state index contributed by atoms with van der Waals surface area (Å²) in [5.74, 6) is 0.555. The van der Waals surface area contributed by atoms with Gasteiger partial charge in [-0.15, -0.1) is 0 Å². The van der Waals surface area contributed by atoms with Gasteiger partial charge in [-0.2, -0.15) is 0 Å². The molecule has 6 heteroatoms. The van der Waals surface area contributed by atoms with Crippen LogP contribution in [0.4, 0.5) is 10.5 Å². The van der Waals surface area contributed by atoms with E-state index in [0.29, 0.717) is 29.7 Å². The van der Waals surface area contributed by atoms with Crippen LogP contribution in [0.25, 0.3) is 0 Å². The van der Waals surface area contributed by atoms with E-state index in [9.17, 15) is 4.79 Å². The molecule has 0 aromatic heterocycles. The molecule has 0 aliphatic heterocycles. The van der Waals surface area contributed by atoms with E-state index in [4.69, 9.17) is 21.1 Å². The Morgan fingerprint density at radius 1 is 1.15 bits per heavy atom. The zero-order chi connectivity index (χ0) is 18.9. The number of anilines is 1. The van der Waals surface area contributed by atoms with Gasteiger partial charge >= 0.3 is 6.03 Å². The summed E-state index contributed by atoms with van der Waals surface area (Å²) >= 11 is 6.18. The number of aryl methyl sites for hydroxylation is 1. The molecule has 2 N–H and O–H groups in total. The van der Waals surface area contributed by atoms with Crippen LogP contribution in [0.2, 0.25) is 5.02 Å². The van der Waals surface area contributed by atoms with Gasteiger partial charge < -0.3 is 20.1 Å². The predicted molar refractivity (Wildman–Crippen MR) is 105 cm³/mol. The van der Waals surface area contributed by atoms with Crippen LogP contribution in [0.1, 0.15) is 31.0 Å². The normalized spacial score (nSPS) is 11.7. The number of urea groups is 1. The molecule has 5 nitrogen and oxygen atoms in total. The van der Waals surface area contributed by atoms with Gasteiger partial charge in [0.2, 0.25) is 0 Å². The second-order valence-corrected chi connectivity index (χ2v) is 6.31. The van der Waals surface area contributed by atoms with Crippen LogP contribution in [0.5, 0.6) is 5.75 Å². The van der Waals surface area contributed by atoms with Gasteiger partial charge in [0.15, 0.2) is 0 Å². The van der Waals surface area contributed by atoms with Gasteiger partial charge in [0.1, 0.15) is 12.4 Å². The van der Waals surface area contributed by atoms with Crippen LogP contribution in [0, 0.1) is 0 Å². The average molecular weight is 377 g/mol. The van der Waals surface area contributed by atoms with Gasteiger partial charge in [0.25, 0.3) is 0 Å². The molecule has 0 fully saturated rings. The third-order valence-corrected chi connectivity index (χ3v) is 4.27. The van der Waals surface area contributed by atoms with Crippen LogP contribution < -0.4 is 15.4 Å². The molecule has 0 saturated heterocycles. The van der Waals surface area contributed by atoms with Crippen LogP contribution in [-0.2, 0) is 11.2 Å². The highest BCUT2D eigenvalue weighted by Gasteiger charge is 2.11. The van der Waals surface area contributed by atoms with Crippen molar-refractivity contribution in [3.8, 4) is 5.75 Å². The molecule has 1 atom stereocenters. The third kappa shape index (κ3) is 5.93. The summed E-state index contributed by atoms with van der Waals surface area (Å²) in [4.78, 5) is 12.2. The lowest BCUT2D eigenvalue weighted by molar-refractivity contribution is 0.146. The molecule has 2 rings (SSSR count). The van der Waals surface area contributed by atoms with Crippen molar-refractivity contribution in [3.63, 3.8) is 0 Å². The summed E-state index contributed by atoms with van der Waals surface area (Å²) in [6, 6.07) is 13.0. The second-order valence-electron chi connectivity index (χ2n) is 5.90. The standard InChI is InChI=1S/C20H25ClN2O3/c1-4-15-5-7-16(8-6-15)14(2)22-20(24)23-17-9-10-19(18(21)13-17)26-12-11-25-3/h5-10,13-14H,4,11-12H2,1-3H3,(H2,22,23,24). The van der Waals surface area contributed by atoms with Gasteiger partial charge in [-0.25, -0.2) is 4.79 Å². The number of benzene rings is 2. The fraction of sp³-hybridized carbons (Fsp3) is 0.350. The number of methoxy groups -OCH3 is 1. The first-order chi connectivity index (χ1) is 12.5. The van der Waals surface area contributed by atoms with Gasteiger partial charge in [0.05, 0.1) is 17.7 Å². The maximum atomic E-state index is 12.2. The van der Waals surface area contributed by atoms with Crippen molar-refractivity contribution in [1.82, 2.24) is 5.32 Å². The minimum atomic E-state index is -0.291. The number of carbonyl (C=O) groups is 1. The SMILES string of the molecule is CCc1ccc(C(C)NC(=O)Nc2ccc(OCCOC)c(Cl)c2)cc1. The molecule has 0 bridgehead atoms. The van der Waals surface area contributed by atoms with Gasteiger partial charge in [-0.1, -0.05) is 42.8 Å². The van der Waals surface area contributed by atoms with Crippen molar-refractivity contribution in [2.75, 3.05) is 25.6 Å². The lowest BCUT2D eigenvalue weighted by atomic mass is 10.1. The molecule has 26 heavy (non-hydrogen) atoms. The highest BCUT2D eigenvalue weighted by Crippen LogP contribution is 2.27. The molecule has 0 aliphatic rings. The summed E-state index contributed by atoms with van der Waals surface area (Å²) in [5.41, 5.74) is 2.92. The van der Waals surface area contributed by atoms with Crippen molar-refractivity contribution in [1.29, 1.82) is 0 Å². The maximum absolute atomic E-state index is 12.2. The molecule has 2 amide bonds. The van der Waals surface area contributed by atoms with Crippen molar-refractivity contribution in [3.05, 3.63) is 58.6 Å². The summed E-state index contributed by atoms with van der Waals surface area (Å²) in [5, 5.41) is 6.14. The lowest BCUT2D eigenvalue weighted by Gasteiger charge is -2.16. The Balaban J connectivity index is 1.91. The quantitative estimate of drug-likeness (QED) is 0.650. The Labute approximate surface area is 159 Å². The van der Waals surface area contributed by atoms with E-state index in [0.717, 1.165) is 12.0 Å². The number of hydrogen-bond donors (Lipinski definition) is 2. The van der Waals surface area contributed by atoms with E-state index in [1.165, 1.54) is 5.56 Å². The number of rotatable bonds is 8. The fourth-order valence-electron chi connectivity index (χ4n) is 2.42. The van der Waals surface area contributed by atoms with E-state index in [-0.39, 0.29) is 12.1 Å². The van der Waals surface area contributed by atoms with Crippen molar-refractivity contribution >= 4 is 23.3 Å². The Bertz CT molecular complexity index is 719. The molecule has 2 aromatic rings. The van der Waals surface area contributed by atoms with E-state index in [2.05, 4.69) is 29.7 Å². The van der Waals surface area contributed by atoms with E-state index in [1.807, 2.05) is 19.1 Å². The molecule has 0 saturated carbocycles. The monoisotopic (exact) mass is 376 g/mol. The second kappa shape index (κ2) is 10.0. The van der Waals surface area contributed by atoms with Crippen LogP contribution >= 0.6 is 11.6 Å². The number of hydrogen-bond acceptors (Lipinski definition) is 3. The molecule has 0 radical (unpaired) electrons. The Morgan fingerprint density at radius 3 is 2.50 bits per heavy atom. The molecule has 0 heterocycles. The average Bonchev–Trinajstić information content (AvgIpc) is 2.63. The fourth-order valence-corrected chi connectivity index (χ4v) is 2.65. The zero-order valence-electron chi connectivity index (χ0n) is 15.3. The van der Waals surface area contributed by atoms with Crippen molar-refractivity contribution in [2.24, 2.45) is 0 Å². The van der Waals surface area contributed by atoms with Crippen molar-refractivity contribution in [2.45, 2.75) is 26.3 Å². The number of carbonyl (C=O) groups excluding carboxylic acids is 1. The topological polar surface area (TPSA) is 59.6 Å². The largest absolute Gasteiger partial charge is 0.490 e.